The summed E-state index contributed by atoms with van der Waals surface area (Å²) >= 11 is 0. The molecular formula is C47H93N2O6P. The third-order valence-corrected chi connectivity index (χ3v) is 11.6. The maximum atomic E-state index is 12.9. The van der Waals surface area contributed by atoms with Crippen molar-refractivity contribution in [3.05, 3.63) is 24.3 Å². The van der Waals surface area contributed by atoms with Gasteiger partial charge in [0.1, 0.15) is 13.2 Å². The Kier molecular flexibility index (Phi) is 38.7. The number of phosphoric ester groups is 1. The van der Waals surface area contributed by atoms with Crippen LogP contribution in [0.25, 0.3) is 0 Å². The van der Waals surface area contributed by atoms with Gasteiger partial charge in [-0.25, -0.2) is 0 Å². The molecule has 0 aliphatic rings. The Balaban J connectivity index is 4.26. The number of quaternary nitrogens is 1. The Morgan fingerprint density at radius 3 is 1.45 bits per heavy atom. The number of allylic oxidation sites excluding steroid dienone is 3. The highest BCUT2D eigenvalue weighted by Gasteiger charge is 2.23. The van der Waals surface area contributed by atoms with Gasteiger partial charge >= 0.3 is 0 Å². The fraction of sp³-hybridized carbons (Fsp3) is 0.894. The third-order valence-electron chi connectivity index (χ3n) is 10.7. The van der Waals surface area contributed by atoms with Crippen LogP contribution < -0.4 is 10.2 Å². The summed E-state index contributed by atoms with van der Waals surface area (Å²) in [5, 5.41) is 13.7. The van der Waals surface area contributed by atoms with Crippen LogP contribution in [-0.4, -0.2) is 68.5 Å². The number of aliphatic hydroxyl groups excluding tert-OH is 1. The zero-order chi connectivity index (χ0) is 41.4. The molecule has 0 aliphatic heterocycles. The summed E-state index contributed by atoms with van der Waals surface area (Å²) in [5.41, 5.74) is 0. The third kappa shape index (κ3) is 41.2. The van der Waals surface area contributed by atoms with Crippen molar-refractivity contribution in [2.24, 2.45) is 0 Å². The molecular weight excluding hydrogens is 719 g/mol. The lowest BCUT2D eigenvalue weighted by atomic mass is 10.0. The minimum Gasteiger partial charge on any atom is -0.756 e. The molecule has 0 fully saturated rings. The predicted octanol–water partition coefficient (Wildman–Crippen LogP) is 12.7. The van der Waals surface area contributed by atoms with Gasteiger partial charge in [-0.3, -0.25) is 9.36 Å². The number of carbonyl (C=O) groups excluding carboxylic acids is 1. The molecule has 0 spiro atoms. The predicted molar refractivity (Wildman–Crippen MR) is 238 cm³/mol. The number of hydrogen-bond acceptors (Lipinski definition) is 6. The Bertz CT molecular complexity index is 969. The van der Waals surface area contributed by atoms with Crippen LogP contribution in [0.1, 0.15) is 219 Å². The maximum absolute atomic E-state index is 12.9. The molecule has 2 N–H and O–H groups in total. The molecule has 0 aromatic rings. The van der Waals surface area contributed by atoms with Crippen molar-refractivity contribution in [3.8, 4) is 0 Å². The number of nitrogens with one attached hydrogen (secondary N) is 1. The van der Waals surface area contributed by atoms with Gasteiger partial charge in [0.2, 0.25) is 5.91 Å². The summed E-state index contributed by atoms with van der Waals surface area (Å²) in [6, 6.07) is -0.897. The van der Waals surface area contributed by atoms with Gasteiger partial charge in [-0.2, -0.15) is 0 Å². The van der Waals surface area contributed by atoms with Crippen LogP contribution in [0.2, 0.25) is 0 Å². The Morgan fingerprint density at radius 2 is 1.00 bits per heavy atom. The smallest absolute Gasteiger partial charge is 0.268 e. The number of aliphatic hydroxyl groups is 1. The first-order valence-electron chi connectivity index (χ1n) is 23.7. The van der Waals surface area contributed by atoms with E-state index in [2.05, 4.69) is 31.3 Å². The molecule has 56 heavy (non-hydrogen) atoms. The van der Waals surface area contributed by atoms with Gasteiger partial charge < -0.3 is 28.8 Å². The van der Waals surface area contributed by atoms with Crippen LogP contribution in [-0.2, 0) is 18.4 Å². The first-order chi connectivity index (χ1) is 27.0. The maximum Gasteiger partial charge on any atom is 0.268 e. The van der Waals surface area contributed by atoms with E-state index in [0.29, 0.717) is 17.4 Å². The molecule has 332 valence electrons. The number of nitrogens with zero attached hydrogens (tertiary/aromatic N) is 1. The van der Waals surface area contributed by atoms with E-state index >= 15 is 0 Å². The quantitative estimate of drug-likeness (QED) is 0.0275. The highest BCUT2D eigenvalue weighted by atomic mass is 31.2. The monoisotopic (exact) mass is 813 g/mol. The summed E-state index contributed by atoms with van der Waals surface area (Å²) in [6.07, 6.45) is 46.7. The minimum atomic E-state index is -4.59. The molecule has 3 unspecified atom stereocenters. The van der Waals surface area contributed by atoms with Crippen molar-refractivity contribution in [3.63, 3.8) is 0 Å². The van der Waals surface area contributed by atoms with Crippen LogP contribution in [0.15, 0.2) is 24.3 Å². The molecule has 0 radical (unpaired) electrons. The Morgan fingerprint density at radius 1 is 0.607 bits per heavy atom. The van der Waals surface area contributed by atoms with Crippen LogP contribution in [0.3, 0.4) is 0 Å². The molecule has 0 saturated carbocycles. The number of phosphoric acid groups is 1. The van der Waals surface area contributed by atoms with E-state index in [0.717, 1.165) is 38.5 Å². The van der Waals surface area contributed by atoms with E-state index in [1.807, 2.05) is 27.2 Å². The molecule has 9 heteroatoms. The summed E-state index contributed by atoms with van der Waals surface area (Å²) < 4.78 is 23.2. The lowest BCUT2D eigenvalue weighted by molar-refractivity contribution is -0.870. The average molecular weight is 813 g/mol. The van der Waals surface area contributed by atoms with Gasteiger partial charge in [0.15, 0.2) is 0 Å². The van der Waals surface area contributed by atoms with Crippen molar-refractivity contribution in [1.29, 1.82) is 0 Å². The highest BCUT2D eigenvalue weighted by Crippen LogP contribution is 2.38. The standard InChI is InChI=1S/C47H93N2O6P/c1-6-8-10-12-14-16-18-20-21-22-23-24-25-26-27-28-29-31-33-35-37-39-41-47(51)48-45(44-55-56(52,53)54-43-42-49(3,4)5)46(50)40-38-36-34-32-30-19-17-15-13-11-9-7-2/h30,32,38,40,45-46,50H,6-29,31,33-37,39,41-44H2,1-5H3,(H-,48,51,52,53)/b32-30+,40-38+. The van der Waals surface area contributed by atoms with E-state index in [1.54, 1.807) is 6.08 Å². The Labute approximate surface area is 347 Å². The average Bonchev–Trinajstić information content (AvgIpc) is 3.15. The van der Waals surface area contributed by atoms with Gasteiger partial charge in [0.05, 0.1) is 39.9 Å². The normalized spacial score (nSPS) is 14.5. The van der Waals surface area contributed by atoms with Crippen molar-refractivity contribution in [2.75, 3.05) is 40.9 Å². The van der Waals surface area contributed by atoms with Crippen molar-refractivity contribution < 1.29 is 32.9 Å². The molecule has 8 nitrogen and oxygen atoms in total. The summed E-state index contributed by atoms with van der Waals surface area (Å²) in [6.45, 7) is 4.62. The van der Waals surface area contributed by atoms with Gasteiger partial charge in [-0.15, -0.1) is 0 Å². The number of likely N-dealkylation sites (N-methyl/N-ethyl adjacent to an activating group) is 1. The number of carbonyl (C=O) groups is 1. The zero-order valence-corrected chi connectivity index (χ0v) is 38.5. The molecule has 0 bridgehead atoms. The van der Waals surface area contributed by atoms with Crippen LogP contribution in [0, 0.1) is 0 Å². The fourth-order valence-corrected chi connectivity index (χ4v) is 7.60. The lowest BCUT2D eigenvalue weighted by Crippen LogP contribution is -2.45. The SMILES string of the molecule is CCCCCCCC/C=C/CC/C=C/C(O)C(COP(=O)([O-])OCC[N+](C)(C)C)NC(=O)CCCCCCCCCCCCCCCCCCCCCCCC. The van der Waals surface area contributed by atoms with Crippen LogP contribution >= 0.6 is 7.82 Å². The second-order valence-electron chi connectivity index (χ2n) is 17.5. The summed E-state index contributed by atoms with van der Waals surface area (Å²) in [5.74, 6) is -0.205. The van der Waals surface area contributed by atoms with Crippen LogP contribution in [0.4, 0.5) is 0 Å². The van der Waals surface area contributed by atoms with Gasteiger partial charge in [-0.05, 0) is 32.1 Å². The number of amides is 1. The van der Waals surface area contributed by atoms with E-state index < -0.39 is 20.0 Å². The molecule has 0 rings (SSSR count). The topological polar surface area (TPSA) is 108 Å². The molecule has 1 amide bonds. The Hall–Kier alpha value is -1.02. The summed E-state index contributed by atoms with van der Waals surface area (Å²) in [7, 11) is 1.25. The van der Waals surface area contributed by atoms with E-state index in [1.165, 1.54) is 161 Å². The van der Waals surface area contributed by atoms with Crippen molar-refractivity contribution in [2.45, 2.75) is 231 Å². The van der Waals surface area contributed by atoms with E-state index in [9.17, 15) is 19.4 Å². The molecule has 0 heterocycles. The zero-order valence-electron chi connectivity index (χ0n) is 37.6. The second kappa shape index (κ2) is 39.4. The number of hydrogen-bond donors (Lipinski definition) is 2. The van der Waals surface area contributed by atoms with E-state index in [4.69, 9.17) is 9.05 Å². The minimum absolute atomic E-state index is 0.00432. The lowest BCUT2D eigenvalue weighted by Gasteiger charge is -2.29. The number of unbranched alkanes of at least 4 members (excludes halogenated alkanes) is 28. The first-order valence-corrected chi connectivity index (χ1v) is 25.2. The van der Waals surface area contributed by atoms with Crippen LogP contribution in [0.5, 0.6) is 0 Å². The van der Waals surface area contributed by atoms with Gasteiger partial charge in [0, 0.05) is 6.42 Å². The largest absolute Gasteiger partial charge is 0.756 e. The first kappa shape index (κ1) is 55.0. The van der Waals surface area contributed by atoms with E-state index in [-0.39, 0.29) is 19.1 Å². The highest BCUT2D eigenvalue weighted by molar-refractivity contribution is 7.45. The molecule has 0 saturated heterocycles. The van der Waals surface area contributed by atoms with Gasteiger partial charge in [-0.1, -0.05) is 205 Å². The van der Waals surface area contributed by atoms with Crippen molar-refractivity contribution >= 4 is 13.7 Å². The summed E-state index contributed by atoms with van der Waals surface area (Å²) in [4.78, 5) is 25.3. The van der Waals surface area contributed by atoms with Crippen molar-refractivity contribution in [1.82, 2.24) is 5.32 Å². The molecule has 0 aromatic heterocycles. The second-order valence-corrected chi connectivity index (χ2v) is 18.9. The number of rotatable bonds is 43. The molecule has 0 aromatic carbocycles. The van der Waals surface area contributed by atoms with Gasteiger partial charge in [0.25, 0.3) is 7.82 Å². The molecule has 0 aliphatic carbocycles. The molecule has 3 atom stereocenters. The fourth-order valence-electron chi connectivity index (χ4n) is 6.87.